The maximum atomic E-state index is 12.2. The largest absolute Gasteiger partial charge is 0.321 e. The molecule has 4 N–H and O–H groups in total. The van der Waals surface area contributed by atoms with Crippen molar-refractivity contribution in [3.05, 3.63) is 51.1 Å². The minimum absolute atomic E-state index is 0.269. The number of amides is 1. The van der Waals surface area contributed by atoms with Gasteiger partial charge in [-0.25, -0.2) is 10.8 Å². The molecule has 0 saturated heterocycles. The number of carbonyl (C=O) groups is 1. The van der Waals surface area contributed by atoms with Crippen LogP contribution in [0.5, 0.6) is 0 Å². The zero-order valence-corrected chi connectivity index (χ0v) is 12.9. The number of nitrogens with two attached hydrogens (primary N) is 1. The Morgan fingerprint density at radius 2 is 2.15 bits per heavy atom. The highest BCUT2D eigenvalue weighted by atomic mass is 79.9. The Morgan fingerprint density at radius 1 is 1.40 bits per heavy atom. The number of anilines is 2. The first-order valence-electron chi connectivity index (χ1n) is 5.72. The van der Waals surface area contributed by atoms with E-state index >= 15 is 0 Å². The van der Waals surface area contributed by atoms with Crippen molar-refractivity contribution in [3.8, 4) is 0 Å². The van der Waals surface area contributed by atoms with Crippen LogP contribution in [0, 0.1) is 6.92 Å². The predicted molar refractivity (Wildman–Crippen MR) is 83.9 cm³/mol. The van der Waals surface area contributed by atoms with Crippen molar-refractivity contribution in [1.82, 2.24) is 4.98 Å². The lowest BCUT2D eigenvalue weighted by Crippen LogP contribution is -2.15. The molecule has 0 bridgehead atoms. The summed E-state index contributed by atoms with van der Waals surface area (Å²) in [6.07, 6.45) is 0. The Hall–Kier alpha value is -1.63. The van der Waals surface area contributed by atoms with Gasteiger partial charge >= 0.3 is 0 Å². The van der Waals surface area contributed by atoms with Gasteiger partial charge in [-0.3, -0.25) is 4.79 Å². The van der Waals surface area contributed by atoms with E-state index in [1.54, 1.807) is 37.3 Å². The van der Waals surface area contributed by atoms with E-state index in [-0.39, 0.29) is 5.91 Å². The third-order valence-electron chi connectivity index (χ3n) is 2.56. The number of carbonyl (C=O) groups excluding carboxylic acids is 1. The number of hydrogen-bond donors (Lipinski definition) is 3. The summed E-state index contributed by atoms with van der Waals surface area (Å²) in [6, 6.07) is 8.49. The van der Waals surface area contributed by atoms with Crippen molar-refractivity contribution >= 4 is 44.9 Å². The number of nitrogen functional groups attached to an aromatic ring is 1. The van der Waals surface area contributed by atoms with Crippen LogP contribution in [0.15, 0.2) is 34.8 Å². The molecule has 2 rings (SSSR count). The van der Waals surface area contributed by atoms with Crippen LogP contribution in [0.2, 0.25) is 5.02 Å². The number of aromatic nitrogens is 1. The third kappa shape index (κ3) is 3.27. The highest BCUT2D eigenvalue weighted by Gasteiger charge is 2.11. The second-order valence-electron chi connectivity index (χ2n) is 4.08. The number of hydrazine groups is 1. The molecule has 0 saturated carbocycles. The molecule has 1 aromatic carbocycles. The number of hydrogen-bond acceptors (Lipinski definition) is 4. The van der Waals surface area contributed by atoms with E-state index < -0.39 is 0 Å². The fourth-order valence-electron chi connectivity index (χ4n) is 1.67. The summed E-state index contributed by atoms with van der Waals surface area (Å²) in [5.41, 5.74) is 4.17. The molecule has 20 heavy (non-hydrogen) atoms. The molecule has 1 aromatic heterocycles. The predicted octanol–water partition coefficient (Wildman–Crippen LogP) is 3.34. The molecule has 0 atom stereocenters. The standard InChI is InChI=1S/C13H12BrClN4O/c1-7-5-8(6-11(17-7)19-16)13(20)18-10-4-2-3-9(15)12(10)14/h2-6H,16H2,1H3,(H,17,19)(H,18,20). The van der Waals surface area contributed by atoms with Gasteiger partial charge in [-0.15, -0.1) is 0 Å². The van der Waals surface area contributed by atoms with E-state index in [0.717, 1.165) is 0 Å². The number of pyridine rings is 1. The zero-order valence-electron chi connectivity index (χ0n) is 10.6. The molecular weight excluding hydrogens is 344 g/mol. The molecule has 5 nitrogen and oxygen atoms in total. The van der Waals surface area contributed by atoms with Gasteiger partial charge in [0.2, 0.25) is 0 Å². The molecule has 0 aliphatic carbocycles. The van der Waals surface area contributed by atoms with Gasteiger partial charge in [-0.05, 0) is 47.1 Å². The lowest BCUT2D eigenvalue weighted by molar-refractivity contribution is 0.102. The van der Waals surface area contributed by atoms with Gasteiger partial charge in [0, 0.05) is 11.3 Å². The van der Waals surface area contributed by atoms with Crippen molar-refractivity contribution in [2.75, 3.05) is 10.7 Å². The van der Waals surface area contributed by atoms with Crippen molar-refractivity contribution in [2.45, 2.75) is 6.92 Å². The lowest BCUT2D eigenvalue weighted by atomic mass is 10.2. The number of halogens is 2. The van der Waals surface area contributed by atoms with Gasteiger partial charge in [0.05, 0.1) is 15.2 Å². The molecule has 0 aliphatic heterocycles. The maximum absolute atomic E-state index is 12.2. The van der Waals surface area contributed by atoms with E-state index in [0.29, 0.717) is 32.3 Å². The Balaban J connectivity index is 2.28. The van der Waals surface area contributed by atoms with Crippen LogP contribution in [-0.4, -0.2) is 10.9 Å². The summed E-state index contributed by atoms with van der Waals surface area (Å²) in [7, 11) is 0. The molecule has 7 heteroatoms. The molecule has 0 radical (unpaired) electrons. The first kappa shape index (κ1) is 14.8. The second kappa shape index (κ2) is 6.21. The fraction of sp³-hybridized carbons (Fsp3) is 0.0769. The highest BCUT2D eigenvalue weighted by molar-refractivity contribution is 9.10. The fourth-order valence-corrected chi connectivity index (χ4v) is 2.21. The minimum Gasteiger partial charge on any atom is -0.321 e. The average Bonchev–Trinajstić information content (AvgIpc) is 2.43. The molecule has 0 unspecified atom stereocenters. The Morgan fingerprint density at radius 3 is 2.85 bits per heavy atom. The molecule has 1 amide bonds. The monoisotopic (exact) mass is 354 g/mol. The van der Waals surface area contributed by atoms with Crippen molar-refractivity contribution < 1.29 is 4.79 Å². The van der Waals surface area contributed by atoms with Gasteiger partial charge in [-0.2, -0.15) is 0 Å². The van der Waals surface area contributed by atoms with E-state index in [9.17, 15) is 4.79 Å². The highest BCUT2D eigenvalue weighted by Crippen LogP contribution is 2.30. The molecule has 104 valence electrons. The summed E-state index contributed by atoms with van der Waals surface area (Å²) in [4.78, 5) is 16.4. The topological polar surface area (TPSA) is 80.0 Å². The molecular formula is C13H12BrClN4O. The third-order valence-corrected chi connectivity index (χ3v) is 3.96. The second-order valence-corrected chi connectivity index (χ2v) is 5.28. The molecule has 0 aliphatic rings. The van der Waals surface area contributed by atoms with Crippen LogP contribution in [0.4, 0.5) is 11.5 Å². The summed E-state index contributed by atoms with van der Waals surface area (Å²) >= 11 is 9.31. The van der Waals surface area contributed by atoms with Crippen LogP contribution < -0.4 is 16.6 Å². The first-order chi connectivity index (χ1) is 9.51. The van der Waals surface area contributed by atoms with Crippen LogP contribution >= 0.6 is 27.5 Å². The van der Waals surface area contributed by atoms with Crippen molar-refractivity contribution in [1.29, 1.82) is 0 Å². The maximum Gasteiger partial charge on any atom is 0.255 e. The van der Waals surface area contributed by atoms with Gasteiger partial charge < -0.3 is 10.7 Å². The summed E-state index contributed by atoms with van der Waals surface area (Å²) in [5, 5.41) is 3.31. The Labute approximate surface area is 129 Å². The van der Waals surface area contributed by atoms with Gasteiger partial charge in [0.15, 0.2) is 0 Å². The van der Waals surface area contributed by atoms with E-state index in [2.05, 4.69) is 31.7 Å². The quantitative estimate of drug-likeness (QED) is 0.583. The van der Waals surface area contributed by atoms with Crippen LogP contribution in [0.3, 0.4) is 0 Å². The Bertz CT molecular complexity index is 663. The smallest absolute Gasteiger partial charge is 0.255 e. The number of nitrogens with zero attached hydrogens (tertiary/aromatic N) is 1. The number of nitrogens with one attached hydrogen (secondary N) is 2. The molecule has 2 aromatic rings. The average molecular weight is 356 g/mol. The normalized spacial score (nSPS) is 10.2. The molecule has 0 fully saturated rings. The summed E-state index contributed by atoms with van der Waals surface area (Å²) in [5.74, 6) is 5.48. The first-order valence-corrected chi connectivity index (χ1v) is 6.89. The molecule has 1 heterocycles. The van der Waals surface area contributed by atoms with Gasteiger partial charge in [0.1, 0.15) is 5.82 Å². The van der Waals surface area contributed by atoms with E-state index in [4.69, 9.17) is 17.4 Å². The lowest BCUT2D eigenvalue weighted by Gasteiger charge is -2.10. The summed E-state index contributed by atoms with van der Waals surface area (Å²) in [6.45, 7) is 1.78. The van der Waals surface area contributed by atoms with Crippen LogP contribution in [0.25, 0.3) is 0 Å². The SMILES string of the molecule is Cc1cc(C(=O)Nc2cccc(Cl)c2Br)cc(NN)n1. The zero-order chi connectivity index (χ0) is 14.7. The van der Waals surface area contributed by atoms with Crippen LogP contribution in [-0.2, 0) is 0 Å². The van der Waals surface area contributed by atoms with E-state index in [1.807, 2.05) is 0 Å². The minimum atomic E-state index is -0.269. The number of aryl methyl sites for hydroxylation is 1. The number of rotatable bonds is 3. The van der Waals surface area contributed by atoms with Gasteiger partial charge in [-0.1, -0.05) is 17.7 Å². The van der Waals surface area contributed by atoms with Crippen molar-refractivity contribution in [3.63, 3.8) is 0 Å². The molecule has 0 spiro atoms. The summed E-state index contributed by atoms with van der Waals surface area (Å²) < 4.78 is 0.637. The Kier molecular flexibility index (Phi) is 4.59. The van der Waals surface area contributed by atoms with E-state index in [1.165, 1.54) is 0 Å². The number of benzene rings is 1. The van der Waals surface area contributed by atoms with Crippen molar-refractivity contribution in [2.24, 2.45) is 5.84 Å². The van der Waals surface area contributed by atoms with Gasteiger partial charge in [0.25, 0.3) is 5.91 Å². The van der Waals surface area contributed by atoms with Crippen LogP contribution in [0.1, 0.15) is 16.1 Å².